The number of carbonyl (C=O) groups is 3. The van der Waals surface area contributed by atoms with Crippen molar-refractivity contribution in [3.63, 3.8) is 0 Å². The van der Waals surface area contributed by atoms with Crippen LogP contribution < -0.4 is 10.1 Å². The second kappa shape index (κ2) is 7.00. The Morgan fingerprint density at radius 3 is 2.32 bits per heavy atom. The fourth-order valence-electron chi connectivity index (χ4n) is 2.47. The molecule has 6 heteroatoms. The minimum atomic E-state index is -0.717. The maximum Gasteiger partial charge on any atom is 0.331 e. The van der Waals surface area contributed by atoms with Gasteiger partial charge in [-0.2, -0.15) is 0 Å². The molecule has 1 N–H and O–H groups in total. The Morgan fingerprint density at radius 1 is 1.00 bits per heavy atom. The molecule has 126 valence electrons. The van der Waals surface area contributed by atoms with Crippen LogP contribution in [0.3, 0.4) is 0 Å². The number of urea groups is 1. The highest BCUT2D eigenvalue weighted by atomic mass is 16.5. The third-order valence-corrected chi connectivity index (χ3v) is 3.80. The van der Waals surface area contributed by atoms with Gasteiger partial charge in [0.15, 0.2) is 0 Å². The molecular formula is C19H16N2O4. The third kappa shape index (κ3) is 3.58. The molecule has 2 aromatic carbocycles. The smallest absolute Gasteiger partial charge is 0.331 e. The molecule has 1 aliphatic rings. The molecular weight excluding hydrogens is 320 g/mol. The first kappa shape index (κ1) is 16.4. The number of hydrogen-bond acceptors (Lipinski definition) is 4. The van der Waals surface area contributed by atoms with E-state index in [1.165, 1.54) is 6.08 Å². The summed E-state index contributed by atoms with van der Waals surface area (Å²) in [7, 11) is 1.55. The topological polar surface area (TPSA) is 75.7 Å². The number of amides is 4. The maximum absolute atomic E-state index is 12.6. The molecule has 1 fully saturated rings. The number of benzene rings is 2. The molecule has 1 heterocycles. The van der Waals surface area contributed by atoms with E-state index < -0.39 is 17.8 Å². The SMILES string of the molecule is COc1ccc(/C=C2\C(=O)NC(=O)N(Cc3ccccc3)C2=O)cc1. The number of hydrogen-bond donors (Lipinski definition) is 1. The fraction of sp³-hybridized carbons (Fsp3) is 0.105. The molecule has 6 nitrogen and oxygen atoms in total. The summed E-state index contributed by atoms with van der Waals surface area (Å²) >= 11 is 0. The normalized spacial score (nSPS) is 16.1. The average molecular weight is 336 g/mol. The van der Waals surface area contributed by atoms with E-state index in [0.29, 0.717) is 11.3 Å². The predicted molar refractivity (Wildman–Crippen MR) is 91.5 cm³/mol. The molecule has 0 saturated carbocycles. The summed E-state index contributed by atoms with van der Waals surface area (Å²) < 4.78 is 5.08. The van der Waals surface area contributed by atoms with E-state index in [4.69, 9.17) is 4.74 Å². The van der Waals surface area contributed by atoms with Gasteiger partial charge in [-0.05, 0) is 29.3 Å². The molecule has 0 radical (unpaired) electrons. The van der Waals surface area contributed by atoms with Crippen molar-refractivity contribution < 1.29 is 19.1 Å². The number of imide groups is 2. The summed E-state index contributed by atoms with van der Waals surface area (Å²) in [6, 6.07) is 15.3. The largest absolute Gasteiger partial charge is 0.497 e. The molecule has 4 amide bonds. The van der Waals surface area contributed by atoms with E-state index in [9.17, 15) is 14.4 Å². The summed E-state index contributed by atoms with van der Waals surface area (Å²) in [6.07, 6.45) is 1.46. The maximum atomic E-state index is 12.6. The van der Waals surface area contributed by atoms with Crippen LogP contribution in [0.15, 0.2) is 60.2 Å². The van der Waals surface area contributed by atoms with Gasteiger partial charge in [0, 0.05) is 0 Å². The summed E-state index contributed by atoms with van der Waals surface area (Å²) in [5, 5.41) is 2.21. The predicted octanol–water partition coefficient (Wildman–Crippen LogP) is 2.36. The van der Waals surface area contributed by atoms with Gasteiger partial charge in [-0.1, -0.05) is 42.5 Å². The Bertz CT molecular complexity index is 841. The number of barbiturate groups is 1. The number of rotatable bonds is 4. The van der Waals surface area contributed by atoms with E-state index in [1.54, 1.807) is 31.4 Å². The van der Waals surface area contributed by atoms with Gasteiger partial charge in [-0.15, -0.1) is 0 Å². The van der Waals surface area contributed by atoms with Crippen LogP contribution >= 0.6 is 0 Å². The lowest BCUT2D eigenvalue weighted by atomic mass is 10.1. The van der Waals surface area contributed by atoms with E-state index in [2.05, 4.69) is 5.32 Å². The van der Waals surface area contributed by atoms with Gasteiger partial charge in [0.05, 0.1) is 13.7 Å². The molecule has 1 aliphatic heterocycles. The van der Waals surface area contributed by atoms with E-state index in [0.717, 1.165) is 10.5 Å². The highest BCUT2D eigenvalue weighted by Gasteiger charge is 2.35. The van der Waals surface area contributed by atoms with E-state index >= 15 is 0 Å². The summed E-state index contributed by atoms with van der Waals surface area (Å²) in [5.41, 5.74) is 1.37. The monoisotopic (exact) mass is 336 g/mol. The van der Waals surface area contributed by atoms with Crippen molar-refractivity contribution in [2.75, 3.05) is 7.11 Å². The molecule has 0 spiro atoms. The fourth-order valence-corrected chi connectivity index (χ4v) is 2.47. The molecule has 0 atom stereocenters. The molecule has 0 aromatic heterocycles. The standard InChI is InChI=1S/C19H16N2O4/c1-25-15-9-7-13(8-10-15)11-16-17(22)20-19(24)21(18(16)23)12-14-5-3-2-4-6-14/h2-11H,12H2,1H3,(H,20,22,24)/b16-11+. The van der Waals surface area contributed by atoms with Gasteiger partial charge in [-0.25, -0.2) is 4.79 Å². The number of methoxy groups -OCH3 is 1. The van der Waals surface area contributed by atoms with Crippen LogP contribution in [-0.4, -0.2) is 29.9 Å². The Balaban J connectivity index is 1.87. The van der Waals surface area contributed by atoms with Crippen LogP contribution in [-0.2, 0) is 16.1 Å². The molecule has 1 saturated heterocycles. The van der Waals surface area contributed by atoms with Gasteiger partial charge in [0.25, 0.3) is 11.8 Å². The average Bonchev–Trinajstić information content (AvgIpc) is 2.63. The first-order chi connectivity index (χ1) is 12.1. The van der Waals surface area contributed by atoms with Gasteiger partial charge in [0.1, 0.15) is 11.3 Å². The minimum absolute atomic E-state index is 0.0827. The summed E-state index contributed by atoms with van der Waals surface area (Å²) in [6.45, 7) is 0.0960. The number of ether oxygens (including phenoxy) is 1. The Labute approximate surface area is 144 Å². The molecule has 25 heavy (non-hydrogen) atoms. The third-order valence-electron chi connectivity index (χ3n) is 3.80. The first-order valence-corrected chi connectivity index (χ1v) is 7.65. The lowest BCUT2D eigenvalue weighted by molar-refractivity contribution is -0.130. The molecule has 0 unspecified atom stereocenters. The van der Waals surface area contributed by atoms with Crippen molar-refractivity contribution in [2.45, 2.75) is 6.54 Å². The minimum Gasteiger partial charge on any atom is -0.497 e. The zero-order chi connectivity index (χ0) is 17.8. The van der Waals surface area contributed by atoms with Gasteiger partial charge in [0.2, 0.25) is 0 Å². The van der Waals surface area contributed by atoms with Crippen molar-refractivity contribution in [2.24, 2.45) is 0 Å². The Morgan fingerprint density at radius 2 is 1.68 bits per heavy atom. The molecule has 0 aliphatic carbocycles. The van der Waals surface area contributed by atoms with E-state index in [1.807, 2.05) is 30.3 Å². The number of nitrogens with zero attached hydrogens (tertiary/aromatic N) is 1. The summed E-state index contributed by atoms with van der Waals surface area (Å²) in [5.74, 6) is -0.647. The molecule has 0 bridgehead atoms. The lowest BCUT2D eigenvalue weighted by Crippen LogP contribution is -2.53. The molecule has 2 aromatic rings. The van der Waals surface area contributed by atoms with Crippen molar-refractivity contribution in [1.29, 1.82) is 0 Å². The van der Waals surface area contributed by atoms with Crippen LogP contribution in [0.1, 0.15) is 11.1 Å². The van der Waals surface area contributed by atoms with Gasteiger partial charge < -0.3 is 4.74 Å². The van der Waals surface area contributed by atoms with Crippen molar-refractivity contribution in [1.82, 2.24) is 10.2 Å². The summed E-state index contributed by atoms with van der Waals surface area (Å²) in [4.78, 5) is 37.7. The molecule has 3 rings (SSSR count). The quantitative estimate of drug-likeness (QED) is 0.687. The van der Waals surface area contributed by atoms with Crippen LogP contribution in [0.4, 0.5) is 4.79 Å². The van der Waals surface area contributed by atoms with Crippen molar-refractivity contribution in [3.8, 4) is 5.75 Å². The van der Waals surface area contributed by atoms with Crippen LogP contribution in [0.5, 0.6) is 5.75 Å². The van der Waals surface area contributed by atoms with E-state index in [-0.39, 0.29) is 12.1 Å². The second-order valence-electron chi connectivity index (χ2n) is 5.47. The lowest BCUT2D eigenvalue weighted by Gasteiger charge is -2.26. The second-order valence-corrected chi connectivity index (χ2v) is 5.47. The number of nitrogens with one attached hydrogen (secondary N) is 1. The zero-order valence-electron chi connectivity index (χ0n) is 13.6. The van der Waals surface area contributed by atoms with Crippen LogP contribution in [0.25, 0.3) is 6.08 Å². The van der Waals surface area contributed by atoms with Crippen LogP contribution in [0.2, 0.25) is 0 Å². The Hall–Kier alpha value is -3.41. The first-order valence-electron chi connectivity index (χ1n) is 7.65. The van der Waals surface area contributed by atoms with Gasteiger partial charge >= 0.3 is 6.03 Å². The highest BCUT2D eigenvalue weighted by Crippen LogP contribution is 2.18. The van der Waals surface area contributed by atoms with Crippen molar-refractivity contribution in [3.05, 3.63) is 71.3 Å². The highest BCUT2D eigenvalue weighted by molar-refractivity contribution is 6.30. The zero-order valence-corrected chi connectivity index (χ0v) is 13.6. The van der Waals surface area contributed by atoms with Gasteiger partial charge in [-0.3, -0.25) is 19.8 Å². The van der Waals surface area contributed by atoms with Crippen LogP contribution in [0, 0.1) is 0 Å². The Kier molecular flexibility index (Phi) is 4.61. The number of carbonyl (C=O) groups excluding carboxylic acids is 3. The van der Waals surface area contributed by atoms with Crippen molar-refractivity contribution >= 4 is 23.9 Å².